The Kier molecular flexibility index (Phi) is 5.82. The highest BCUT2D eigenvalue weighted by Gasteiger charge is 2.36. The van der Waals surface area contributed by atoms with Crippen LogP contribution in [-0.4, -0.2) is 84.3 Å². The minimum absolute atomic E-state index is 0.282. The van der Waals surface area contributed by atoms with Crippen molar-refractivity contribution < 1.29 is 27.9 Å². The summed E-state index contributed by atoms with van der Waals surface area (Å²) in [5.41, 5.74) is 0. The van der Waals surface area contributed by atoms with E-state index in [0.717, 1.165) is 0 Å². The smallest absolute Gasteiger partial charge is 0.406 e. The van der Waals surface area contributed by atoms with E-state index in [1.54, 1.807) is 0 Å². The molecule has 122 valence electrons. The van der Waals surface area contributed by atoms with Crippen molar-refractivity contribution in [1.82, 2.24) is 14.7 Å². The van der Waals surface area contributed by atoms with Gasteiger partial charge in [-0.15, -0.1) is 0 Å². The number of amides is 2. The minimum atomic E-state index is -4.62. The molecule has 0 aromatic heterocycles. The molecule has 1 N–H and O–H groups in total. The fourth-order valence-electron chi connectivity index (χ4n) is 2.34. The van der Waals surface area contributed by atoms with Crippen molar-refractivity contribution in [2.45, 2.75) is 25.1 Å². The molecule has 1 aliphatic rings. The Hall–Kier alpha value is -1.51. The van der Waals surface area contributed by atoms with Crippen molar-refractivity contribution in [2.24, 2.45) is 0 Å². The minimum Gasteiger partial charge on any atom is -0.480 e. The second-order valence-corrected chi connectivity index (χ2v) is 5.33. The number of urea groups is 1. The van der Waals surface area contributed by atoms with Crippen LogP contribution in [0.1, 0.15) is 12.8 Å². The van der Waals surface area contributed by atoms with E-state index in [-0.39, 0.29) is 6.04 Å². The number of carboxylic acid groups (broad SMARTS) is 1. The molecule has 0 unspecified atom stereocenters. The molecule has 1 heterocycles. The molecule has 9 heteroatoms. The van der Waals surface area contributed by atoms with Crippen LogP contribution in [0.2, 0.25) is 0 Å². The molecule has 0 atom stereocenters. The van der Waals surface area contributed by atoms with Crippen molar-refractivity contribution in [3.8, 4) is 0 Å². The highest BCUT2D eigenvalue weighted by atomic mass is 19.4. The van der Waals surface area contributed by atoms with Gasteiger partial charge in [-0.1, -0.05) is 0 Å². The number of hydrogen-bond donors (Lipinski definition) is 1. The van der Waals surface area contributed by atoms with Gasteiger partial charge >= 0.3 is 18.2 Å². The highest BCUT2D eigenvalue weighted by molar-refractivity contribution is 5.80. The monoisotopic (exact) mass is 311 g/mol. The number of carboxylic acids is 1. The Balaban J connectivity index is 2.66. The summed E-state index contributed by atoms with van der Waals surface area (Å²) in [5, 5.41) is 8.66. The first-order valence-corrected chi connectivity index (χ1v) is 6.59. The van der Waals surface area contributed by atoms with E-state index in [1.165, 1.54) is 4.90 Å². The van der Waals surface area contributed by atoms with Crippen LogP contribution < -0.4 is 0 Å². The lowest BCUT2D eigenvalue weighted by atomic mass is 10.0. The first-order chi connectivity index (χ1) is 9.60. The van der Waals surface area contributed by atoms with Gasteiger partial charge in [-0.2, -0.15) is 13.2 Å². The summed E-state index contributed by atoms with van der Waals surface area (Å²) in [7, 11) is 3.81. The van der Waals surface area contributed by atoms with Crippen molar-refractivity contribution in [3.05, 3.63) is 0 Å². The first kappa shape index (κ1) is 17.5. The predicted molar refractivity (Wildman–Crippen MR) is 68.9 cm³/mol. The maximum atomic E-state index is 12.4. The Morgan fingerprint density at radius 1 is 1.24 bits per heavy atom. The van der Waals surface area contributed by atoms with Crippen molar-refractivity contribution in [3.63, 3.8) is 0 Å². The molecule has 0 aromatic carbocycles. The molecule has 6 nitrogen and oxygen atoms in total. The lowest BCUT2D eigenvalue weighted by molar-refractivity contribution is -0.149. The second-order valence-electron chi connectivity index (χ2n) is 5.33. The van der Waals surface area contributed by atoms with Crippen LogP contribution in [0.5, 0.6) is 0 Å². The zero-order valence-corrected chi connectivity index (χ0v) is 12.1. The molecule has 1 aliphatic heterocycles. The molecular formula is C12H20F3N3O3. The molecule has 0 aliphatic carbocycles. The molecule has 1 saturated heterocycles. The Morgan fingerprint density at radius 2 is 1.76 bits per heavy atom. The van der Waals surface area contributed by atoms with Gasteiger partial charge in [0.05, 0.1) is 0 Å². The highest BCUT2D eigenvalue weighted by Crippen LogP contribution is 2.20. The Bertz CT molecular complexity index is 380. The van der Waals surface area contributed by atoms with E-state index in [4.69, 9.17) is 5.11 Å². The number of alkyl halides is 3. The summed E-state index contributed by atoms with van der Waals surface area (Å²) < 4.78 is 37.3. The number of halogens is 3. The number of hydrogen-bond acceptors (Lipinski definition) is 3. The van der Waals surface area contributed by atoms with Crippen LogP contribution in [-0.2, 0) is 4.79 Å². The predicted octanol–water partition coefficient (Wildman–Crippen LogP) is 1.08. The number of aliphatic carboxylic acids is 1. The fraction of sp³-hybridized carbons (Fsp3) is 0.833. The molecule has 0 saturated carbocycles. The number of likely N-dealkylation sites (tertiary alicyclic amines) is 1. The third-order valence-electron chi connectivity index (χ3n) is 3.43. The summed E-state index contributed by atoms with van der Waals surface area (Å²) in [4.78, 5) is 26.3. The van der Waals surface area contributed by atoms with Crippen LogP contribution in [0, 0.1) is 0 Å². The van der Waals surface area contributed by atoms with Crippen LogP contribution in [0.15, 0.2) is 0 Å². The SMILES string of the molecule is CN(C)C1CCN(C(=O)N(CC(=O)O)CC(F)(F)F)CC1. The summed E-state index contributed by atoms with van der Waals surface area (Å²) >= 11 is 0. The van der Waals surface area contributed by atoms with Gasteiger partial charge in [0.15, 0.2) is 0 Å². The zero-order valence-electron chi connectivity index (χ0n) is 12.1. The van der Waals surface area contributed by atoms with Gasteiger partial charge in [0.25, 0.3) is 0 Å². The molecule has 0 aromatic rings. The van der Waals surface area contributed by atoms with Gasteiger partial charge in [-0.25, -0.2) is 4.79 Å². The van der Waals surface area contributed by atoms with E-state index in [9.17, 15) is 22.8 Å². The van der Waals surface area contributed by atoms with Crippen molar-refractivity contribution in [1.29, 1.82) is 0 Å². The molecule has 0 bridgehead atoms. The normalized spacial score (nSPS) is 17.1. The van der Waals surface area contributed by atoms with Gasteiger partial charge in [-0.3, -0.25) is 4.79 Å². The third-order valence-corrected chi connectivity index (χ3v) is 3.43. The van der Waals surface area contributed by atoms with E-state index in [0.29, 0.717) is 30.8 Å². The number of carbonyl (C=O) groups is 2. The standard InChI is InChI=1S/C12H20F3N3O3/c1-16(2)9-3-5-17(6-4-9)11(21)18(7-10(19)20)8-12(13,14)15/h9H,3-8H2,1-2H3,(H,19,20). The third kappa shape index (κ3) is 5.78. The van der Waals surface area contributed by atoms with E-state index < -0.39 is 31.3 Å². The van der Waals surface area contributed by atoms with E-state index in [1.807, 2.05) is 19.0 Å². The maximum absolute atomic E-state index is 12.4. The lowest BCUT2D eigenvalue weighted by Gasteiger charge is -2.37. The van der Waals surface area contributed by atoms with Crippen molar-refractivity contribution >= 4 is 12.0 Å². The maximum Gasteiger partial charge on any atom is 0.406 e. The van der Waals surface area contributed by atoms with Gasteiger partial charge in [0, 0.05) is 19.1 Å². The van der Waals surface area contributed by atoms with E-state index in [2.05, 4.69) is 0 Å². The van der Waals surface area contributed by atoms with Gasteiger partial charge in [0.2, 0.25) is 0 Å². The van der Waals surface area contributed by atoms with Crippen LogP contribution in [0.25, 0.3) is 0 Å². The summed E-state index contributed by atoms with van der Waals surface area (Å²) in [5.74, 6) is -1.46. The van der Waals surface area contributed by atoms with E-state index >= 15 is 0 Å². The van der Waals surface area contributed by atoms with Crippen LogP contribution >= 0.6 is 0 Å². The van der Waals surface area contributed by atoms with Gasteiger partial charge in [-0.05, 0) is 26.9 Å². The molecular weight excluding hydrogens is 291 g/mol. The second kappa shape index (κ2) is 6.97. The molecule has 0 radical (unpaired) electrons. The average molecular weight is 311 g/mol. The Morgan fingerprint density at radius 3 is 2.14 bits per heavy atom. The fourth-order valence-corrected chi connectivity index (χ4v) is 2.34. The average Bonchev–Trinajstić information content (AvgIpc) is 2.35. The summed E-state index contributed by atoms with van der Waals surface area (Å²) in [6.45, 7) is -1.84. The topological polar surface area (TPSA) is 64.1 Å². The number of rotatable bonds is 4. The number of carbonyl (C=O) groups excluding carboxylic acids is 1. The summed E-state index contributed by atoms with van der Waals surface area (Å²) in [6.07, 6.45) is -3.30. The molecule has 1 fully saturated rings. The van der Waals surface area contributed by atoms with Gasteiger partial charge < -0.3 is 19.8 Å². The van der Waals surface area contributed by atoms with Crippen LogP contribution in [0.4, 0.5) is 18.0 Å². The van der Waals surface area contributed by atoms with Crippen molar-refractivity contribution in [2.75, 3.05) is 40.3 Å². The van der Waals surface area contributed by atoms with Gasteiger partial charge in [0.1, 0.15) is 13.1 Å². The largest absolute Gasteiger partial charge is 0.480 e. The Labute approximate surface area is 121 Å². The quantitative estimate of drug-likeness (QED) is 0.844. The lowest BCUT2D eigenvalue weighted by Crippen LogP contribution is -2.52. The van der Waals surface area contributed by atoms with Crippen LogP contribution in [0.3, 0.4) is 0 Å². The molecule has 1 rings (SSSR count). The first-order valence-electron chi connectivity index (χ1n) is 6.59. The molecule has 2 amide bonds. The number of piperidine rings is 1. The molecule has 21 heavy (non-hydrogen) atoms. The molecule has 0 spiro atoms. The zero-order chi connectivity index (χ0) is 16.2. The number of nitrogens with zero attached hydrogens (tertiary/aromatic N) is 3. The summed E-state index contributed by atoms with van der Waals surface area (Å²) in [6, 6.07) is -0.587.